The van der Waals surface area contributed by atoms with Crippen LogP contribution in [0.5, 0.6) is 0 Å². The van der Waals surface area contributed by atoms with Crippen molar-refractivity contribution in [3.05, 3.63) is 34.3 Å². The molecule has 0 aromatic heterocycles. The molecule has 0 bridgehead atoms. The van der Waals surface area contributed by atoms with E-state index < -0.39 is 0 Å². The number of halogens is 1. The number of hydrogen-bond donors (Lipinski definition) is 1. The van der Waals surface area contributed by atoms with Crippen LogP contribution in [-0.4, -0.2) is 30.4 Å². The normalized spacial score (nSPS) is 27.8. The number of rotatable bonds is 2. The van der Waals surface area contributed by atoms with Crippen LogP contribution >= 0.6 is 11.6 Å². The number of piperidine rings is 1. The van der Waals surface area contributed by atoms with E-state index in [0.717, 1.165) is 24.4 Å². The fraction of sp³-hybridized carbons (Fsp3) is 0.588. The largest absolute Gasteiger partial charge is 0.344 e. The minimum Gasteiger partial charge on any atom is -0.344 e. The van der Waals surface area contributed by atoms with Crippen LogP contribution in [0.1, 0.15) is 43.9 Å². The maximum Gasteiger partial charge on any atom is 0.222 e. The zero-order valence-electron chi connectivity index (χ0n) is 12.9. The van der Waals surface area contributed by atoms with Gasteiger partial charge >= 0.3 is 0 Å². The van der Waals surface area contributed by atoms with Crippen LogP contribution in [0.25, 0.3) is 0 Å². The van der Waals surface area contributed by atoms with Gasteiger partial charge in [0.15, 0.2) is 0 Å². The van der Waals surface area contributed by atoms with E-state index in [1.807, 2.05) is 18.0 Å². The number of carbonyl (C=O) groups excluding carboxylic acids is 1. The summed E-state index contributed by atoms with van der Waals surface area (Å²) in [6, 6.07) is 6.89. The van der Waals surface area contributed by atoms with Crippen molar-refractivity contribution in [2.75, 3.05) is 13.6 Å². The quantitative estimate of drug-likeness (QED) is 0.910. The molecule has 1 amide bonds. The van der Waals surface area contributed by atoms with Gasteiger partial charge in [0, 0.05) is 37.1 Å². The molecule has 1 aliphatic heterocycles. The number of carbonyl (C=O) groups is 1. The maximum absolute atomic E-state index is 11.6. The molecule has 4 heteroatoms. The third kappa shape index (κ3) is 2.82. The second kappa shape index (κ2) is 5.29. The molecule has 0 spiro atoms. The van der Waals surface area contributed by atoms with E-state index in [1.54, 1.807) is 0 Å². The van der Waals surface area contributed by atoms with Gasteiger partial charge in [-0.2, -0.15) is 0 Å². The van der Waals surface area contributed by atoms with Crippen LogP contribution in [0.15, 0.2) is 18.2 Å². The van der Waals surface area contributed by atoms with Crippen molar-refractivity contribution in [2.24, 2.45) is 5.41 Å². The van der Waals surface area contributed by atoms with Crippen LogP contribution in [0.4, 0.5) is 0 Å². The van der Waals surface area contributed by atoms with Crippen LogP contribution in [0.2, 0.25) is 5.02 Å². The molecule has 3 nitrogen and oxygen atoms in total. The Balaban J connectivity index is 1.81. The molecule has 114 valence electrons. The van der Waals surface area contributed by atoms with E-state index in [-0.39, 0.29) is 11.3 Å². The van der Waals surface area contributed by atoms with Gasteiger partial charge in [-0.05, 0) is 41.5 Å². The first-order chi connectivity index (χ1) is 9.87. The van der Waals surface area contributed by atoms with Crippen LogP contribution in [0.3, 0.4) is 0 Å². The Bertz CT molecular complexity index is 570. The van der Waals surface area contributed by atoms with Crippen molar-refractivity contribution >= 4 is 17.5 Å². The average molecular weight is 307 g/mol. The molecule has 3 rings (SSSR count). The highest BCUT2D eigenvalue weighted by atomic mass is 35.5. The lowest BCUT2D eigenvalue weighted by Crippen LogP contribution is -2.49. The SMILES string of the molecule is CN1CC(NC2c3cc(Cl)ccc3CC2(C)C)CCC1=O. The number of nitrogens with one attached hydrogen (secondary N) is 1. The molecule has 1 aromatic rings. The van der Waals surface area contributed by atoms with E-state index in [2.05, 4.69) is 31.3 Å². The Morgan fingerprint density at radius 2 is 2.14 bits per heavy atom. The minimum atomic E-state index is 0.174. The molecule has 2 unspecified atom stereocenters. The second-order valence-electron chi connectivity index (χ2n) is 7.12. The first-order valence-electron chi connectivity index (χ1n) is 7.65. The van der Waals surface area contributed by atoms with Gasteiger partial charge in [0.25, 0.3) is 0 Å². The molecular formula is C17H23ClN2O. The summed E-state index contributed by atoms with van der Waals surface area (Å²) in [6.45, 7) is 5.40. The zero-order valence-corrected chi connectivity index (χ0v) is 13.7. The summed E-state index contributed by atoms with van der Waals surface area (Å²) >= 11 is 6.19. The van der Waals surface area contributed by atoms with Crippen LogP contribution in [-0.2, 0) is 11.2 Å². The molecule has 1 N–H and O–H groups in total. The molecule has 2 atom stereocenters. The Hall–Kier alpha value is -1.06. The predicted molar refractivity (Wildman–Crippen MR) is 85.5 cm³/mol. The second-order valence-corrected chi connectivity index (χ2v) is 7.55. The van der Waals surface area contributed by atoms with Crippen molar-refractivity contribution in [3.8, 4) is 0 Å². The topological polar surface area (TPSA) is 32.3 Å². The van der Waals surface area contributed by atoms with Crippen molar-refractivity contribution in [1.29, 1.82) is 0 Å². The van der Waals surface area contributed by atoms with Gasteiger partial charge in [-0.15, -0.1) is 0 Å². The fourth-order valence-electron chi connectivity index (χ4n) is 3.71. The molecular weight excluding hydrogens is 284 g/mol. The van der Waals surface area contributed by atoms with Crippen molar-refractivity contribution in [1.82, 2.24) is 10.2 Å². The van der Waals surface area contributed by atoms with E-state index in [1.165, 1.54) is 11.1 Å². The first-order valence-corrected chi connectivity index (χ1v) is 8.03. The number of fused-ring (bicyclic) bond motifs is 1. The van der Waals surface area contributed by atoms with Crippen LogP contribution in [0, 0.1) is 5.41 Å². The van der Waals surface area contributed by atoms with Gasteiger partial charge in [-0.3, -0.25) is 4.79 Å². The summed E-state index contributed by atoms with van der Waals surface area (Å²) in [5.41, 5.74) is 2.89. The lowest BCUT2D eigenvalue weighted by atomic mass is 9.84. The molecule has 1 aromatic carbocycles. The van der Waals surface area contributed by atoms with E-state index in [0.29, 0.717) is 18.5 Å². The summed E-state index contributed by atoms with van der Waals surface area (Å²) in [6.07, 6.45) is 2.63. The third-order valence-electron chi connectivity index (χ3n) is 4.88. The molecule has 1 fully saturated rings. The Morgan fingerprint density at radius 3 is 2.86 bits per heavy atom. The molecule has 0 radical (unpaired) electrons. The lowest BCUT2D eigenvalue weighted by Gasteiger charge is -2.36. The summed E-state index contributed by atoms with van der Waals surface area (Å²) in [7, 11) is 1.89. The van der Waals surface area contributed by atoms with Crippen LogP contribution < -0.4 is 5.32 Å². The average Bonchev–Trinajstić information content (AvgIpc) is 2.65. The van der Waals surface area contributed by atoms with Gasteiger partial charge < -0.3 is 10.2 Å². The van der Waals surface area contributed by atoms with Crippen molar-refractivity contribution < 1.29 is 4.79 Å². The smallest absolute Gasteiger partial charge is 0.222 e. The summed E-state index contributed by atoms with van der Waals surface area (Å²) in [5.74, 6) is 0.252. The monoisotopic (exact) mass is 306 g/mol. The Labute approximate surface area is 131 Å². The molecule has 21 heavy (non-hydrogen) atoms. The van der Waals surface area contributed by atoms with Crippen molar-refractivity contribution in [2.45, 2.75) is 45.2 Å². The third-order valence-corrected chi connectivity index (χ3v) is 5.11. The number of likely N-dealkylation sites (tertiary alicyclic amines) is 1. The van der Waals surface area contributed by atoms with Crippen molar-refractivity contribution in [3.63, 3.8) is 0 Å². The lowest BCUT2D eigenvalue weighted by molar-refractivity contribution is -0.132. The molecule has 0 saturated carbocycles. The molecule has 1 aliphatic carbocycles. The first kappa shape index (κ1) is 14.9. The molecule has 2 aliphatic rings. The predicted octanol–water partition coefficient (Wildman–Crippen LogP) is 3.17. The van der Waals surface area contributed by atoms with E-state index in [4.69, 9.17) is 11.6 Å². The Morgan fingerprint density at radius 1 is 1.38 bits per heavy atom. The summed E-state index contributed by atoms with van der Waals surface area (Å²) in [5, 5.41) is 4.59. The van der Waals surface area contributed by atoms with E-state index >= 15 is 0 Å². The number of benzene rings is 1. The summed E-state index contributed by atoms with van der Waals surface area (Å²) in [4.78, 5) is 13.5. The van der Waals surface area contributed by atoms with E-state index in [9.17, 15) is 4.79 Å². The van der Waals surface area contributed by atoms with Gasteiger partial charge in [0.2, 0.25) is 5.91 Å². The van der Waals surface area contributed by atoms with Gasteiger partial charge in [0.1, 0.15) is 0 Å². The van der Waals surface area contributed by atoms with Gasteiger partial charge in [0.05, 0.1) is 0 Å². The number of hydrogen-bond acceptors (Lipinski definition) is 2. The zero-order chi connectivity index (χ0) is 15.2. The maximum atomic E-state index is 11.6. The highest BCUT2D eigenvalue weighted by molar-refractivity contribution is 6.30. The fourth-order valence-corrected chi connectivity index (χ4v) is 3.89. The number of likely N-dealkylation sites (N-methyl/N-ethyl adjacent to an activating group) is 1. The highest BCUT2D eigenvalue weighted by Gasteiger charge is 2.40. The standard InChI is InChI=1S/C17H23ClN2O/c1-17(2)9-11-4-5-12(18)8-14(11)16(17)19-13-6-7-15(21)20(3)10-13/h4-5,8,13,16,19H,6-7,9-10H2,1-3H3. The molecule has 1 saturated heterocycles. The highest BCUT2D eigenvalue weighted by Crippen LogP contribution is 2.46. The minimum absolute atomic E-state index is 0.174. The molecule has 1 heterocycles. The summed E-state index contributed by atoms with van der Waals surface area (Å²) < 4.78 is 0. The van der Waals surface area contributed by atoms with Gasteiger partial charge in [-0.1, -0.05) is 31.5 Å². The number of amides is 1. The Kier molecular flexibility index (Phi) is 3.74. The van der Waals surface area contributed by atoms with Gasteiger partial charge in [-0.25, -0.2) is 0 Å². The number of nitrogens with zero attached hydrogens (tertiary/aromatic N) is 1.